The summed E-state index contributed by atoms with van der Waals surface area (Å²) in [6.07, 6.45) is 2.31. The summed E-state index contributed by atoms with van der Waals surface area (Å²) in [6, 6.07) is 12.4. The molecular formula is C20H21FN2O4S. The zero-order valence-electron chi connectivity index (χ0n) is 15.4. The molecule has 0 fully saturated rings. The van der Waals surface area contributed by atoms with Crippen LogP contribution in [0.4, 0.5) is 4.39 Å². The Bertz CT molecular complexity index is 1030. The predicted octanol–water partition coefficient (Wildman–Crippen LogP) is 2.73. The second-order valence-corrected chi connectivity index (χ2v) is 8.61. The van der Waals surface area contributed by atoms with Crippen molar-refractivity contribution in [1.29, 1.82) is 0 Å². The third kappa shape index (κ3) is 4.30. The molecule has 0 saturated heterocycles. The molecule has 8 heteroatoms. The fourth-order valence-corrected chi connectivity index (χ4v) is 4.55. The summed E-state index contributed by atoms with van der Waals surface area (Å²) in [7, 11) is -3.78. The van der Waals surface area contributed by atoms with Crippen LogP contribution in [0, 0.1) is 12.7 Å². The molecule has 0 aliphatic carbocycles. The molecule has 0 saturated carbocycles. The van der Waals surface area contributed by atoms with Gasteiger partial charge in [0.2, 0.25) is 10.0 Å². The molecule has 1 aliphatic rings. The summed E-state index contributed by atoms with van der Waals surface area (Å²) in [6.45, 7) is 2.32. The Balaban J connectivity index is 1.79. The number of nitrogens with one attached hydrogen (secondary N) is 1. The topological polar surface area (TPSA) is 86.7 Å². The molecule has 3 rings (SSSR count). The third-order valence-corrected chi connectivity index (χ3v) is 6.51. The number of rotatable bonds is 5. The first-order valence-electron chi connectivity index (χ1n) is 8.77. The van der Waals surface area contributed by atoms with Crippen LogP contribution in [0.15, 0.2) is 48.5 Å². The number of halogens is 1. The molecule has 28 heavy (non-hydrogen) atoms. The normalized spacial score (nSPS) is 15.2. The van der Waals surface area contributed by atoms with E-state index in [1.54, 1.807) is 18.2 Å². The van der Waals surface area contributed by atoms with Gasteiger partial charge in [-0.15, -0.1) is 0 Å². The first kappa shape index (κ1) is 20.2. The molecule has 0 spiro atoms. The maximum absolute atomic E-state index is 14.1. The van der Waals surface area contributed by atoms with E-state index in [1.165, 1.54) is 15.9 Å². The Morgan fingerprint density at radius 3 is 2.57 bits per heavy atom. The molecule has 1 aliphatic heterocycles. The van der Waals surface area contributed by atoms with Crippen molar-refractivity contribution in [3.8, 4) is 11.1 Å². The van der Waals surface area contributed by atoms with Gasteiger partial charge < -0.3 is 0 Å². The zero-order chi connectivity index (χ0) is 20.3. The summed E-state index contributed by atoms with van der Waals surface area (Å²) in [5, 5.41) is 8.52. The molecule has 0 unspecified atom stereocenters. The highest BCUT2D eigenvalue weighted by atomic mass is 32.2. The van der Waals surface area contributed by atoms with E-state index in [2.05, 4.69) is 0 Å². The Labute approximate surface area is 163 Å². The van der Waals surface area contributed by atoms with Gasteiger partial charge >= 0.3 is 0 Å². The lowest BCUT2D eigenvalue weighted by Gasteiger charge is -2.26. The van der Waals surface area contributed by atoms with Crippen molar-refractivity contribution >= 4 is 21.5 Å². The van der Waals surface area contributed by atoms with Crippen LogP contribution in [0.3, 0.4) is 0 Å². The van der Waals surface area contributed by atoms with Crippen molar-refractivity contribution in [2.45, 2.75) is 13.3 Å². The van der Waals surface area contributed by atoms with E-state index in [4.69, 9.17) is 5.21 Å². The second-order valence-electron chi connectivity index (χ2n) is 6.64. The Morgan fingerprint density at radius 1 is 1.21 bits per heavy atom. The average molecular weight is 404 g/mol. The summed E-state index contributed by atoms with van der Waals surface area (Å²) in [4.78, 5) is 11.2. The van der Waals surface area contributed by atoms with Crippen molar-refractivity contribution < 1.29 is 22.8 Å². The lowest BCUT2D eigenvalue weighted by atomic mass is 9.93. The molecule has 6 nitrogen and oxygen atoms in total. The predicted molar refractivity (Wildman–Crippen MR) is 104 cm³/mol. The molecule has 2 N–H and O–H groups in total. The van der Waals surface area contributed by atoms with Gasteiger partial charge in [-0.25, -0.2) is 18.3 Å². The molecule has 0 atom stereocenters. The molecule has 2 aromatic rings. The first-order valence-corrected chi connectivity index (χ1v) is 10.4. The van der Waals surface area contributed by atoms with E-state index in [0.717, 1.165) is 22.3 Å². The number of nitrogens with zero attached hydrogens (tertiary/aromatic N) is 1. The molecule has 2 aromatic carbocycles. The molecule has 1 heterocycles. The number of hydrogen-bond donors (Lipinski definition) is 2. The van der Waals surface area contributed by atoms with Gasteiger partial charge in [0.25, 0.3) is 5.91 Å². The lowest BCUT2D eigenvalue weighted by Crippen LogP contribution is -2.40. The van der Waals surface area contributed by atoms with E-state index in [9.17, 15) is 17.6 Å². The van der Waals surface area contributed by atoms with E-state index in [-0.39, 0.29) is 18.9 Å². The van der Waals surface area contributed by atoms with E-state index < -0.39 is 21.7 Å². The highest BCUT2D eigenvalue weighted by Gasteiger charge is 2.27. The summed E-state index contributed by atoms with van der Waals surface area (Å²) >= 11 is 0. The van der Waals surface area contributed by atoms with Crippen LogP contribution in [-0.2, 0) is 14.8 Å². The number of sulfonamides is 1. The summed E-state index contributed by atoms with van der Waals surface area (Å²) in [5.41, 5.74) is 5.59. The van der Waals surface area contributed by atoms with Gasteiger partial charge in [-0.05, 0) is 41.7 Å². The van der Waals surface area contributed by atoms with Gasteiger partial charge in [0.1, 0.15) is 11.6 Å². The molecule has 1 amide bonds. The molecule has 0 radical (unpaired) electrons. The van der Waals surface area contributed by atoms with Gasteiger partial charge in [0, 0.05) is 18.7 Å². The van der Waals surface area contributed by atoms with Crippen molar-refractivity contribution in [1.82, 2.24) is 9.79 Å². The molecule has 0 aromatic heterocycles. The van der Waals surface area contributed by atoms with Gasteiger partial charge in [-0.1, -0.05) is 42.5 Å². The Hall–Kier alpha value is -2.55. The van der Waals surface area contributed by atoms with Gasteiger partial charge in [0.05, 0.1) is 0 Å². The summed E-state index contributed by atoms with van der Waals surface area (Å²) < 4.78 is 39.6. The summed E-state index contributed by atoms with van der Waals surface area (Å²) in [5.74, 6) is -2.03. The van der Waals surface area contributed by atoms with Crippen LogP contribution in [0.2, 0.25) is 0 Å². The average Bonchev–Trinajstić information content (AvgIpc) is 2.68. The quantitative estimate of drug-likeness (QED) is 0.593. The van der Waals surface area contributed by atoms with Crippen molar-refractivity contribution in [2.24, 2.45) is 0 Å². The van der Waals surface area contributed by atoms with Crippen molar-refractivity contribution in [3.63, 3.8) is 0 Å². The van der Waals surface area contributed by atoms with Crippen molar-refractivity contribution in [2.75, 3.05) is 18.8 Å². The van der Waals surface area contributed by atoms with Crippen LogP contribution < -0.4 is 5.48 Å². The number of carbonyl (C=O) groups excluding carboxylic acids is 1. The fraction of sp³-hybridized carbons (Fsp3) is 0.250. The van der Waals surface area contributed by atoms with E-state index >= 15 is 0 Å². The standard InChI is InChI=1S/C20H21FN2O4S/c1-14-12-16(6-7-17(14)18-4-2-3-5-19(18)21)15-8-10-23(11-9-15)28(26,27)13-20(24)22-25/h2-8,12,25H,9-11,13H2,1H3,(H,22,24). The van der Waals surface area contributed by atoms with E-state index in [0.29, 0.717) is 12.0 Å². The smallest absolute Gasteiger partial charge is 0.259 e. The zero-order valence-corrected chi connectivity index (χ0v) is 16.2. The lowest BCUT2D eigenvalue weighted by molar-refractivity contribution is -0.126. The third-order valence-electron chi connectivity index (χ3n) is 4.76. The van der Waals surface area contributed by atoms with Crippen LogP contribution in [0.25, 0.3) is 16.7 Å². The maximum Gasteiger partial charge on any atom is 0.259 e. The number of amides is 1. The minimum absolute atomic E-state index is 0.157. The van der Waals surface area contributed by atoms with Crippen LogP contribution in [0.5, 0.6) is 0 Å². The molecule has 0 bridgehead atoms. The van der Waals surface area contributed by atoms with Crippen LogP contribution in [0.1, 0.15) is 17.5 Å². The van der Waals surface area contributed by atoms with Gasteiger partial charge in [0.15, 0.2) is 0 Å². The minimum Gasteiger partial charge on any atom is -0.289 e. The second kappa shape index (κ2) is 8.22. The number of hydroxylamine groups is 1. The number of hydrogen-bond acceptors (Lipinski definition) is 4. The van der Waals surface area contributed by atoms with Crippen molar-refractivity contribution in [3.05, 3.63) is 65.5 Å². The number of aryl methyl sites for hydroxylation is 1. The van der Waals surface area contributed by atoms with Gasteiger partial charge in [-0.2, -0.15) is 4.31 Å². The van der Waals surface area contributed by atoms with E-state index in [1.807, 2.05) is 31.2 Å². The van der Waals surface area contributed by atoms with Crippen LogP contribution >= 0.6 is 0 Å². The van der Waals surface area contributed by atoms with Gasteiger partial charge in [-0.3, -0.25) is 10.0 Å². The number of benzene rings is 2. The highest BCUT2D eigenvalue weighted by molar-refractivity contribution is 7.89. The van der Waals surface area contributed by atoms with Crippen LogP contribution in [-0.4, -0.2) is 42.7 Å². The minimum atomic E-state index is -3.78. The SMILES string of the molecule is Cc1cc(C2=CCN(S(=O)(=O)CC(=O)NO)CC2)ccc1-c1ccccc1F. The Kier molecular flexibility index (Phi) is 5.93. The maximum atomic E-state index is 14.1. The fourth-order valence-electron chi connectivity index (χ4n) is 3.30. The molecular weight excluding hydrogens is 383 g/mol. The first-order chi connectivity index (χ1) is 13.3. The Morgan fingerprint density at radius 2 is 1.96 bits per heavy atom. The number of carbonyl (C=O) groups is 1. The largest absolute Gasteiger partial charge is 0.289 e. The molecule has 148 valence electrons. The highest BCUT2D eigenvalue weighted by Crippen LogP contribution is 2.30. The monoisotopic (exact) mass is 404 g/mol.